The summed E-state index contributed by atoms with van der Waals surface area (Å²) >= 11 is 0. The highest BCUT2D eigenvalue weighted by Gasteiger charge is 2.41. The maximum atomic E-state index is 11.7. The van der Waals surface area contributed by atoms with Gasteiger partial charge in [0.25, 0.3) is 5.56 Å². The topological polar surface area (TPSA) is 156 Å². The summed E-state index contributed by atoms with van der Waals surface area (Å²) in [6.07, 6.45) is -2.75. The molecule has 1 aliphatic heterocycles. The number of hydrogen-bond donors (Lipinski definition) is 4. The number of ether oxygens (including phenoxy) is 1. The van der Waals surface area contributed by atoms with Crippen molar-refractivity contribution in [3.63, 3.8) is 0 Å². The summed E-state index contributed by atoms with van der Waals surface area (Å²) in [4.78, 5) is 33.2. The van der Waals surface area contributed by atoms with E-state index in [1.165, 1.54) is 17.8 Å². The van der Waals surface area contributed by atoms with Gasteiger partial charge in [-0.2, -0.15) is 4.98 Å². The van der Waals surface area contributed by atoms with Crippen molar-refractivity contribution in [3.8, 4) is 0 Å². The van der Waals surface area contributed by atoms with Crippen LogP contribution in [0.2, 0.25) is 0 Å². The number of carbonyl (C=O) groups excluding carboxylic acids is 1. The Hall–Kier alpha value is -2.30. The molecule has 0 aliphatic carbocycles. The number of fused-ring (bicyclic) bond motifs is 1. The number of nitrogen functional groups attached to an aromatic ring is 1. The molecule has 2 aromatic rings. The van der Waals surface area contributed by atoms with Crippen molar-refractivity contribution >= 4 is 22.9 Å². The molecular formula is C12H15N5O5. The SMILES string of the molecule is CC(=O)C(O)[C@H]1O[C@@H](n2cnc3c(=O)[nH]c(N)nc32)C[C@@H]1O. The van der Waals surface area contributed by atoms with Crippen LogP contribution in [0.3, 0.4) is 0 Å². The second kappa shape index (κ2) is 5.16. The van der Waals surface area contributed by atoms with E-state index in [9.17, 15) is 19.8 Å². The third kappa shape index (κ3) is 2.26. The van der Waals surface area contributed by atoms with E-state index in [4.69, 9.17) is 10.5 Å². The summed E-state index contributed by atoms with van der Waals surface area (Å²) in [5, 5.41) is 19.7. The van der Waals surface area contributed by atoms with Gasteiger partial charge in [0.1, 0.15) is 18.4 Å². The van der Waals surface area contributed by atoms with Crippen LogP contribution in [0.15, 0.2) is 11.1 Å². The molecule has 10 nitrogen and oxygen atoms in total. The third-order valence-corrected chi connectivity index (χ3v) is 3.63. The molecule has 5 N–H and O–H groups in total. The lowest BCUT2D eigenvalue weighted by molar-refractivity contribution is -0.139. The average Bonchev–Trinajstić information content (AvgIpc) is 3.01. The minimum Gasteiger partial charge on any atom is -0.390 e. The minimum absolute atomic E-state index is 0.0712. The Morgan fingerprint density at radius 3 is 3.05 bits per heavy atom. The van der Waals surface area contributed by atoms with Crippen molar-refractivity contribution in [1.29, 1.82) is 0 Å². The minimum atomic E-state index is -1.42. The molecule has 3 heterocycles. The normalized spacial score (nSPS) is 26.4. The number of aliphatic hydroxyl groups excluding tert-OH is 2. The number of nitrogens with zero attached hydrogens (tertiary/aromatic N) is 3. The fraction of sp³-hybridized carbons (Fsp3) is 0.500. The fourth-order valence-electron chi connectivity index (χ4n) is 2.52. The molecule has 1 unspecified atom stereocenters. The monoisotopic (exact) mass is 309 g/mol. The Balaban J connectivity index is 1.96. The molecule has 0 amide bonds. The number of carbonyl (C=O) groups is 1. The number of imidazole rings is 1. The summed E-state index contributed by atoms with van der Waals surface area (Å²) in [6, 6.07) is 0. The number of nitrogens with one attached hydrogen (secondary N) is 1. The first-order chi connectivity index (χ1) is 10.4. The van der Waals surface area contributed by atoms with Crippen LogP contribution >= 0.6 is 0 Å². The number of aromatic nitrogens is 4. The lowest BCUT2D eigenvalue weighted by Gasteiger charge is -2.19. The van der Waals surface area contributed by atoms with Gasteiger partial charge in [-0.3, -0.25) is 19.1 Å². The quantitative estimate of drug-likeness (QED) is 0.522. The summed E-state index contributed by atoms with van der Waals surface area (Å²) < 4.78 is 6.98. The van der Waals surface area contributed by atoms with Gasteiger partial charge in [0.05, 0.1) is 12.4 Å². The summed E-state index contributed by atoms with van der Waals surface area (Å²) in [5.74, 6) is -0.572. The fourth-order valence-corrected chi connectivity index (χ4v) is 2.52. The summed E-state index contributed by atoms with van der Waals surface area (Å²) in [6.45, 7) is 1.21. The van der Waals surface area contributed by atoms with Gasteiger partial charge in [-0.25, -0.2) is 4.98 Å². The Kier molecular flexibility index (Phi) is 3.43. The maximum absolute atomic E-state index is 11.7. The predicted octanol–water partition coefficient (Wildman–Crippen LogP) is -1.70. The highest BCUT2D eigenvalue weighted by atomic mass is 16.5. The van der Waals surface area contributed by atoms with E-state index in [1.54, 1.807) is 0 Å². The number of H-pyrrole nitrogens is 1. The first-order valence-corrected chi connectivity index (χ1v) is 6.63. The van der Waals surface area contributed by atoms with Crippen molar-refractivity contribution in [2.45, 2.75) is 37.9 Å². The number of ketones is 1. The van der Waals surface area contributed by atoms with Gasteiger partial charge in [-0.1, -0.05) is 0 Å². The number of aliphatic hydroxyl groups is 2. The zero-order valence-electron chi connectivity index (χ0n) is 11.6. The first-order valence-electron chi connectivity index (χ1n) is 6.63. The Morgan fingerprint density at radius 1 is 1.64 bits per heavy atom. The number of Topliss-reactive ketones (excluding diaryl/α,β-unsaturated/α-hetero) is 1. The summed E-state index contributed by atoms with van der Waals surface area (Å²) in [5.41, 5.74) is 5.32. The van der Waals surface area contributed by atoms with Gasteiger partial charge < -0.3 is 20.7 Å². The number of hydrogen-bond acceptors (Lipinski definition) is 8. The molecule has 2 aromatic heterocycles. The molecule has 0 saturated carbocycles. The molecule has 1 saturated heterocycles. The van der Waals surface area contributed by atoms with Gasteiger partial charge in [-0.15, -0.1) is 0 Å². The molecule has 10 heteroatoms. The van der Waals surface area contributed by atoms with Crippen LogP contribution in [0.4, 0.5) is 5.95 Å². The van der Waals surface area contributed by atoms with E-state index in [-0.39, 0.29) is 23.5 Å². The van der Waals surface area contributed by atoms with Crippen LogP contribution in [0.5, 0.6) is 0 Å². The van der Waals surface area contributed by atoms with Crippen molar-refractivity contribution < 1.29 is 19.7 Å². The molecule has 0 spiro atoms. The number of anilines is 1. The van der Waals surface area contributed by atoms with Crippen molar-refractivity contribution in [2.24, 2.45) is 0 Å². The molecule has 0 radical (unpaired) electrons. The zero-order valence-corrected chi connectivity index (χ0v) is 11.6. The average molecular weight is 309 g/mol. The zero-order chi connectivity index (χ0) is 16.0. The molecule has 0 bridgehead atoms. The van der Waals surface area contributed by atoms with Crippen molar-refractivity contribution in [2.75, 3.05) is 5.73 Å². The van der Waals surface area contributed by atoms with E-state index in [0.29, 0.717) is 0 Å². The Bertz CT molecular complexity index is 784. The van der Waals surface area contributed by atoms with Crippen LogP contribution in [0.1, 0.15) is 19.6 Å². The molecule has 4 atom stereocenters. The van der Waals surface area contributed by atoms with Crippen LogP contribution in [0, 0.1) is 0 Å². The molecular weight excluding hydrogens is 294 g/mol. The van der Waals surface area contributed by atoms with E-state index in [1.807, 2.05) is 0 Å². The number of rotatable bonds is 3. The highest BCUT2D eigenvalue weighted by molar-refractivity contribution is 5.81. The van der Waals surface area contributed by atoms with E-state index < -0.39 is 35.9 Å². The molecule has 3 rings (SSSR count). The molecule has 22 heavy (non-hydrogen) atoms. The van der Waals surface area contributed by atoms with Crippen LogP contribution in [0.25, 0.3) is 11.2 Å². The van der Waals surface area contributed by atoms with E-state index in [0.717, 1.165) is 0 Å². The van der Waals surface area contributed by atoms with Crippen LogP contribution in [-0.2, 0) is 9.53 Å². The van der Waals surface area contributed by atoms with Gasteiger partial charge in [0, 0.05) is 6.42 Å². The van der Waals surface area contributed by atoms with Gasteiger partial charge in [0.2, 0.25) is 5.95 Å². The lowest BCUT2D eigenvalue weighted by Crippen LogP contribution is -2.39. The molecule has 1 fully saturated rings. The molecule has 0 aromatic carbocycles. The van der Waals surface area contributed by atoms with E-state index in [2.05, 4.69) is 15.0 Å². The highest BCUT2D eigenvalue weighted by Crippen LogP contribution is 2.32. The third-order valence-electron chi connectivity index (χ3n) is 3.63. The van der Waals surface area contributed by atoms with Crippen molar-refractivity contribution in [1.82, 2.24) is 19.5 Å². The maximum Gasteiger partial charge on any atom is 0.280 e. The second-order valence-electron chi connectivity index (χ2n) is 5.19. The standard InChI is InChI=1S/C12H15N5O5/c1-4(18)8(20)9-5(19)2-6(22-9)17-3-14-7-10(17)15-12(13)16-11(7)21/h3,5-6,8-9,19-20H,2H2,1H3,(H3,13,15,16,21)/t5-,6+,8?,9-/m0/s1. The number of aromatic amines is 1. The second-order valence-corrected chi connectivity index (χ2v) is 5.19. The lowest BCUT2D eigenvalue weighted by atomic mass is 10.1. The van der Waals surface area contributed by atoms with Crippen LogP contribution in [-0.4, -0.2) is 53.8 Å². The van der Waals surface area contributed by atoms with Gasteiger partial charge in [-0.05, 0) is 6.92 Å². The Morgan fingerprint density at radius 2 is 2.36 bits per heavy atom. The molecule has 1 aliphatic rings. The predicted molar refractivity (Wildman–Crippen MR) is 73.8 cm³/mol. The van der Waals surface area contributed by atoms with Gasteiger partial charge >= 0.3 is 0 Å². The smallest absolute Gasteiger partial charge is 0.280 e. The largest absolute Gasteiger partial charge is 0.390 e. The van der Waals surface area contributed by atoms with Crippen LogP contribution < -0.4 is 11.3 Å². The Labute approximate surface area is 123 Å². The summed E-state index contributed by atoms with van der Waals surface area (Å²) in [7, 11) is 0. The van der Waals surface area contributed by atoms with Crippen molar-refractivity contribution in [3.05, 3.63) is 16.7 Å². The first kappa shape index (κ1) is 14.6. The van der Waals surface area contributed by atoms with Gasteiger partial charge in [0.15, 0.2) is 16.9 Å². The molecule has 118 valence electrons. The number of nitrogens with two attached hydrogens (primary N) is 1. The van der Waals surface area contributed by atoms with E-state index >= 15 is 0 Å².